The maximum absolute atomic E-state index is 12.4. The van der Waals surface area contributed by atoms with Crippen molar-refractivity contribution in [3.05, 3.63) is 77.0 Å². The Morgan fingerprint density at radius 1 is 1.12 bits per heavy atom. The van der Waals surface area contributed by atoms with Crippen LogP contribution in [0, 0.1) is 6.92 Å². The van der Waals surface area contributed by atoms with E-state index in [0.29, 0.717) is 28.7 Å². The van der Waals surface area contributed by atoms with Crippen molar-refractivity contribution in [2.45, 2.75) is 11.8 Å². The van der Waals surface area contributed by atoms with Gasteiger partial charge in [-0.2, -0.15) is 0 Å². The van der Waals surface area contributed by atoms with Crippen LogP contribution >= 0.6 is 23.4 Å². The van der Waals surface area contributed by atoms with Crippen LogP contribution in [0.2, 0.25) is 5.02 Å². The Labute approximate surface area is 156 Å². The third kappa shape index (κ3) is 4.68. The first kappa shape index (κ1) is 17.6. The van der Waals surface area contributed by atoms with E-state index in [0.717, 1.165) is 11.3 Å². The summed E-state index contributed by atoms with van der Waals surface area (Å²) in [5, 5.41) is 3.61. The first-order valence-corrected chi connectivity index (χ1v) is 9.32. The zero-order valence-corrected chi connectivity index (χ0v) is 15.4. The molecule has 0 atom stereocenters. The second-order valence-corrected chi connectivity index (χ2v) is 7.11. The van der Waals surface area contributed by atoms with Gasteiger partial charge in [-0.3, -0.25) is 4.79 Å². The number of furan rings is 1. The number of halogens is 1. The fraction of sp³-hybridized carbons (Fsp3) is 0.150. The van der Waals surface area contributed by atoms with E-state index in [2.05, 4.69) is 17.4 Å². The summed E-state index contributed by atoms with van der Waals surface area (Å²) >= 11 is 7.62. The van der Waals surface area contributed by atoms with E-state index in [1.807, 2.05) is 30.3 Å². The minimum Gasteiger partial charge on any atom is -0.461 e. The van der Waals surface area contributed by atoms with E-state index >= 15 is 0 Å². The van der Waals surface area contributed by atoms with Gasteiger partial charge in [0.2, 0.25) is 0 Å². The van der Waals surface area contributed by atoms with Crippen LogP contribution in [0.3, 0.4) is 0 Å². The Hall–Kier alpha value is -2.17. The predicted molar refractivity (Wildman–Crippen MR) is 103 cm³/mol. The largest absolute Gasteiger partial charge is 0.461 e. The third-order valence-electron chi connectivity index (χ3n) is 3.69. The standard InChI is InChI=1S/C20H18ClNO2S/c1-14-18(13-19(24-14)15-7-9-16(21)10-8-15)20(23)22-11-12-25-17-5-3-2-4-6-17/h2-10,13H,11-12H2,1H3,(H,22,23). The first-order chi connectivity index (χ1) is 12.1. The molecular formula is C20H18ClNO2S. The topological polar surface area (TPSA) is 42.2 Å². The fourth-order valence-electron chi connectivity index (χ4n) is 2.41. The van der Waals surface area contributed by atoms with Gasteiger partial charge >= 0.3 is 0 Å². The van der Waals surface area contributed by atoms with Crippen molar-refractivity contribution in [1.82, 2.24) is 5.32 Å². The number of hydrogen-bond donors (Lipinski definition) is 1. The van der Waals surface area contributed by atoms with Gasteiger partial charge in [0.1, 0.15) is 11.5 Å². The van der Waals surface area contributed by atoms with Crippen molar-refractivity contribution >= 4 is 29.3 Å². The molecule has 0 radical (unpaired) electrons. The number of benzene rings is 2. The summed E-state index contributed by atoms with van der Waals surface area (Å²) in [5.41, 5.74) is 1.46. The quantitative estimate of drug-likeness (QED) is 0.464. The molecule has 2 aromatic carbocycles. The first-order valence-electron chi connectivity index (χ1n) is 7.96. The molecule has 5 heteroatoms. The number of amides is 1. The highest BCUT2D eigenvalue weighted by atomic mass is 35.5. The van der Waals surface area contributed by atoms with Crippen molar-refractivity contribution < 1.29 is 9.21 Å². The van der Waals surface area contributed by atoms with E-state index in [1.54, 1.807) is 36.9 Å². The molecule has 3 aromatic rings. The van der Waals surface area contributed by atoms with Crippen LogP contribution in [0.15, 0.2) is 70.0 Å². The lowest BCUT2D eigenvalue weighted by Crippen LogP contribution is -2.25. The number of carbonyl (C=O) groups excluding carboxylic acids is 1. The van der Waals surface area contributed by atoms with Crippen molar-refractivity contribution in [3.63, 3.8) is 0 Å². The van der Waals surface area contributed by atoms with E-state index < -0.39 is 0 Å². The SMILES string of the molecule is Cc1oc(-c2ccc(Cl)cc2)cc1C(=O)NCCSc1ccccc1. The molecule has 0 unspecified atom stereocenters. The van der Waals surface area contributed by atoms with Crippen LogP contribution in [0.5, 0.6) is 0 Å². The number of aryl methyl sites for hydroxylation is 1. The van der Waals surface area contributed by atoms with Gasteiger partial charge in [0.25, 0.3) is 5.91 Å². The Morgan fingerprint density at radius 3 is 2.56 bits per heavy atom. The number of hydrogen-bond acceptors (Lipinski definition) is 3. The fourth-order valence-corrected chi connectivity index (χ4v) is 3.32. The second-order valence-electron chi connectivity index (χ2n) is 5.50. The highest BCUT2D eigenvalue weighted by Gasteiger charge is 2.15. The summed E-state index contributed by atoms with van der Waals surface area (Å²) in [5.74, 6) is 1.97. The molecule has 0 spiro atoms. The molecule has 3 nitrogen and oxygen atoms in total. The molecule has 25 heavy (non-hydrogen) atoms. The molecule has 3 rings (SSSR count). The average molecular weight is 372 g/mol. The van der Waals surface area contributed by atoms with E-state index in [-0.39, 0.29) is 5.91 Å². The molecule has 0 saturated carbocycles. The molecule has 1 N–H and O–H groups in total. The monoisotopic (exact) mass is 371 g/mol. The molecule has 0 aliphatic rings. The van der Waals surface area contributed by atoms with Crippen molar-refractivity contribution in [2.75, 3.05) is 12.3 Å². The Balaban J connectivity index is 1.58. The molecule has 0 saturated heterocycles. The van der Waals surface area contributed by atoms with Crippen LogP contribution in [-0.4, -0.2) is 18.2 Å². The van der Waals surface area contributed by atoms with E-state index in [1.165, 1.54) is 4.90 Å². The number of nitrogens with one attached hydrogen (secondary N) is 1. The summed E-state index contributed by atoms with van der Waals surface area (Å²) in [4.78, 5) is 13.6. The lowest BCUT2D eigenvalue weighted by Gasteiger charge is -2.04. The average Bonchev–Trinajstić information content (AvgIpc) is 3.02. The minimum atomic E-state index is -0.116. The van der Waals surface area contributed by atoms with Gasteiger partial charge in [0.05, 0.1) is 5.56 Å². The van der Waals surface area contributed by atoms with E-state index in [4.69, 9.17) is 16.0 Å². The zero-order valence-electron chi connectivity index (χ0n) is 13.8. The number of rotatable bonds is 6. The van der Waals surface area contributed by atoms with Crippen molar-refractivity contribution in [2.24, 2.45) is 0 Å². The van der Waals surface area contributed by atoms with Crippen LogP contribution in [0.4, 0.5) is 0 Å². The van der Waals surface area contributed by atoms with Crippen LogP contribution in [0.1, 0.15) is 16.1 Å². The van der Waals surface area contributed by atoms with Crippen molar-refractivity contribution in [1.29, 1.82) is 0 Å². The van der Waals surface area contributed by atoms with Gasteiger partial charge in [-0.05, 0) is 49.4 Å². The Bertz CT molecular complexity index is 844. The maximum Gasteiger partial charge on any atom is 0.254 e. The maximum atomic E-state index is 12.4. The van der Waals surface area contributed by atoms with Gasteiger partial charge in [0.15, 0.2) is 0 Å². The van der Waals surface area contributed by atoms with Crippen LogP contribution in [0.25, 0.3) is 11.3 Å². The summed E-state index contributed by atoms with van der Waals surface area (Å²) in [6.45, 7) is 2.40. The molecule has 0 aliphatic heterocycles. The van der Waals surface area contributed by atoms with Crippen molar-refractivity contribution in [3.8, 4) is 11.3 Å². The predicted octanol–water partition coefficient (Wildman–Crippen LogP) is 5.43. The smallest absolute Gasteiger partial charge is 0.254 e. The number of carbonyl (C=O) groups is 1. The third-order valence-corrected chi connectivity index (χ3v) is 4.96. The molecule has 1 heterocycles. The van der Waals surface area contributed by atoms with Gasteiger partial charge in [-0.15, -0.1) is 11.8 Å². The lowest BCUT2D eigenvalue weighted by molar-refractivity contribution is 0.0954. The molecule has 128 valence electrons. The molecule has 0 fully saturated rings. The summed E-state index contributed by atoms with van der Waals surface area (Å²) < 4.78 is 5.73. The normalized spacial score (nSPS) is 10.6. The molecule has 1 amide bonds. The summed E-state index contributed by atoms with van der Waals surface area (Å²) in [6, 6.07) is 19.3. The molecule has 0 aliphatic carbocycles. The highest BCUT2D eigenvalue weighted by molar-refractivity contribution is 7.99. The summed E-state index contributed by atoms with van der Waals surface area (Å²) in [6.07, 6.45) is 0. The second kappa shape index (κ2) is 8.28. The highest BCUT2D eigenvalue weighted by Crippen LogP contribution is 2.26. The zero-order chi connectivity index (χ0) is 17.6. The summed E-state index contributed by atoms with van der Waals surface area (Å²) in [7, 11) is 0. The van der Waals surface area contributed by atoms with Crippen LogP contribution in [-0.2, 0) is 0 Å². The Kier molecular flexibility index (Phi) is 5.84. The lowest BCUT2D eigenvalue weighted by atomic mass is 10.1. The van der Waals surface area contributed by atoms with Gasteiger partial charge in [-0.1, -0.05) is 29.8 Å². The Morgan fingerprint density at radius 2 is 1.84 bits per heavy atom. The van der Waals surface area contributed by atoms with Gasteiger partial charge in [0, 0.05) is 27.8 Å². The number of thioether (sulfide) groups is 1. The molecular weight excluding hydrogens is 354 g/mol. The molecule has 0 bridgehead atoms. The molecule has 1 aromatic heterocycles. The van der Waals surface area contributed by atoms with Gasteiger partial charge < -0.3 is 9.73 Å². The van der Waals surface area contributed by atoms with E-state index in [9.17, 15) is 4.79 Å². The van der Waals surface area contributed by atoms with Crippen LogP contribution < -0.4 is 5.32 Å². The minimum absolute atomic E-state index is 0.116. The van der Waals surface area contributed by atoms with Gasteiger partial charge in [-0.25, -0.2) is 0 Å².